The zero-order valence-electron chi connectivity index (χ0n) is 15.9. The van der Waals surface area contributed by atoms with Gasteiger partial charge in [-0.1, -0.05) is 37.5 Å². The second-order valence-electron chi connectivity index (χ2n) is 7.49. The molecular weight excluding hydrogens is 300 g/mol. The molecule has 0 aliphatic heterocycles. The van der Waals surface area contributed by atoms with E-state index in [0.717, 1.165) is 36.0 Å². The first-order valence-electron chi connectivity index (χ1n) is 8.97. The van der Waals surface area contributed by atoms with Crippen molar-refractivity contribution in [3.05, 3.63) is 34.4 Å². The van der Waals surface area contributed by atoms with Gasteiger partial charge in [0.1, 0.15) is 11.2 Å². The quantitative estimate of drug-likeness (QED) is 0.599. The van der Waals surface area contributed by atoms with Crippen LogP contribution in [0.4, 0.5) is 0 Å². The van der Waals surface area contributed by atoms with Crippen molar-refractivity contribution in [2.24, 2.45) is 5.41 Å². The van der Waals surface area contributed by atoms with E-state index < -0.39 is 10.8 Å². The van der Waals surface area contributed by atoms with Gasteiger partial charge in [-0.15, -0.1) is 0 Å². The van der Waals surface area contributed by atoms with Crippen LogP contribution in [0.25, 0.3) is 0 Å². The van der Waals surface area contributed by atoms with Gasteiger partial charge in [0.05, 0.1) is 6.61 Å². The lowest BCUT2D eigenvalue weighted by Gasteiger charge is -2.50. The standard InChI is InChI=1S/C21H30O3/c1-7-24-19(23)21(17(5)22)11-9-8-10-20(21,6)18-15(3)12-14(2)13-16(18)4/h12-13H,7-11H2,1-6H3. The molecule has 0 amide bonds. The third-order valence-corrected chi connectivity index (χ3v) is 5.87. The topological polar surface area (TPSA) is 43.4 Å². The first-order valence-corrected chi connectivity index (χ1v) is 8.97. The summed E-state index contributed by atoms with van der Waals surface area (Å²) in [6.45, 7) is 12.0. The minimum absolute atomic E-state index is 0.0671. The van der Waals surface area contributed by atoms with E-state index in [1.54, 1.807) is 13.8 Å². The van der Waals surface area contributed by atoms with Crippen molar-refractivity contribution < 1.29 is 14.3 Å². The minimum atomic E-state index is -1.08. The van der Waals surface area contributed by atoms with E-state index >= 15 is 0 Å². The van der Waals surface area contributed by atoms with Crippen LogP contribution < -0.4 is 0 Å². The number of carbonyl (C=O) groups excluding carboxylic acids is 2. The summed E-state index contributed by atoms with van der Waals surface area (Å²) in [6, 6.07) is 4.30. The van der Waals surface area contributed by atoms with Gasteiger partial charge in [0.15, 0.2) is 0 Å². The van der Waals surface area contributed by atoms with Gasteiger partial charge in [-0.2, -0.15) is 0 Å². The zero-order chi connectivity index (χ0) is 18.1. The molecule has 0 N–H and O–H groups in total. The number of carbonyl (C=O) groups is 2. The predicted molar refractivity (Wildman–Crippen MR) is 96.2 cm³/mol. The molecule has 1 aliphatic carbocycles. The lowest BCUT2D eigenvalue weighted by Crippen LogP contribution is -2.56. The van der Waals surface area contributed by atoms with Crippen molar-refractivity contribution in [3.8, 4) is 0 Å². The largest absolute Gasteiger partial charge is 0.465 e. The van der Waals surface area contributed by atoms with Crippen molar-refractivity contribution >= 4 is 11.8 Å². The van der Waals surface area contributed by atoms with Crippen molar-refractivity contribution in [2.45, 2.75) is 72.6 Å². The van der Waals surface area contributed by atoms with Gasteiger partial charge in [-0.25, -0.2) is 0 Å². The third kappa shape index (κ3) is 2.68. The first-order chi connectivity index (χ1) is 11.2. The molecule has 3 nitrogen and oxygen atoms in total. The molecule has 1 aliphatic rings. The molecular formula is C21H30O3. The Morgan fingerprint density at radius 3 is 2.12 bits per heavy atom. The number of esters is 1. The van der Waals surface area contributed by atoms with Crippen LogP contribution in [0.15, 0.2) is 12.1 Å². The van der Waals surface area contributed by atoms with Crippen molar-refractivity contribution in [1.29, 1.82) is 0 Å². The molecule has 0 spiro atoms. The summed E-state index contributed by atoms with van der Waals surface area (Å²) in [5.41, 5.74) is 3.07. The van der Waals surface area contributed by atoms with Gasteiger partial charge in [0.25, 0.3) is 0 Å². The Morgan fingerprint density at radius 2 is 1.62 bits per heavy atom. The Morgan fingerprint density at radius 1 is 1.08 bits per heavy atom. The SMILES string of the molecule is CCOC(=O)C1(C(C)=O)CCCCC1(C)c1c(C)cc(C)cc1C. The van der Waals surface area contributed by atoms with Gasteiger partial charge in [0.2, 0.25) is 0 Å². The molecule has 24 heavy (non-hydrogen) atoms. The molecule has 0 bridgehead atoms. The molecule has 0 aromatic heterocycles. The molecule has 2 unspecified atom stereocenters. The molecule has 1 fully saturated rings. The number of hydrogen-bond donors (Lipinski definition) is 0. The van der Waals surface area contributed by atoms with Gasteiger partial charge in [-0.05, 0) is 64.2 Å². The fourth-order valence-electron chi connectivity index (χ4n) is 5.04. The molecule has 2 atom stereocenters. The molecule has 2 rings (SSSR count). The normalized spacial score (nSPS) is 26.9. The van der Waals surface area contributed by atoms with Crippen LogP contribution in [0.1, 0.15) is 68.7 Å². The highest BCUT2D eigenvalue weighted by molar-refractivity contribution is 6.05. The summed E-state index contributed by atoms with van der Waals surface area (Å²) < 4.78 is 5.41. The predicted octanol–water partition coefficient (Wildman–Crippen LogP) is 4.58. The number of ether oxygens (including phenoxy) is 1. The molecule has 3 heteroatoms. The summed E-state index contributed by atoms with van der Waals surface area (Å²) in [5.74, 6) is -0.415. The van der Waals surface area contributed by atoms with Gasteiger partial charge >= 0.3 is 5.97 Å². The summed E-state index contributed by atoms with van der Waals surface area (Å²) in [5, 5.41) is 0. The Balaban J connectivity index is 2.75. The molecule has 1 aromatic carbocycles. The second kappa shape index (κ2) is 6.70. The van der Waals surface area contributed by atoms with Gasteiger partial charge in [0, 0.05) is 5.41 Å². The van der Waals surface area contributed by atoms with Crippen LogP contribution in [-0.4, -0.2) is 18.4 Å². The van der Waals surface area contributed by atoms with E-state index in [2.05, 4.69) is 39.8 Å². The molecule has 1 saturated carbocycles. The summed E-state index contributed by atoms with van der Waals surface area (Å²) in [6.07, 6.45) is 3.32. The molecule has 1 aromatic rings. The Hall–Kier alpha value is -1.64. The monoisotopic (exact) mass is 330 g/mol. The number of rotatable bonds is 4. The number of ketones is 1. The maximum absolute atomic E-state index is 13.0. The van der Waals surface area contributed by atoms with Crippen molar-refractivity contribution in [3.63, 3.8) is 0 Å². The van der Waals surface area contributed by atoms with Crippen LogP contribution in [0.5, 0.6) is 0 Å². The van der Waals surface area contributed by atoms with Crippen molar-refractivity contribution in [2.75, 3.05) is 6.61 Å². The summed E-state index contributed by atoms with van der Waals surface area (Å²) in [4.78, 5) is 25.8. The number of hydrogen-bond acceptors (Lipinski definition) is 3. The van der Waals surface area contributed by atoms with Crippen molar-refractivity contribution in [1.82, 2.24) is 0 Å². The Labute approximate surface area is 145 Å². The molecule has 0 heterocycles. The van der Waals surface area contributed by atoms with Crippen LogP contribution in [0.2, 0.25) is 0 Å². The first kappa shape index (κ1) is 18.7. The average molecular weight is 330 g/mol. The zero-order valence-corrected chi connectivity index (χ0v) is 15.9. The molecule has 0 radical (unpaired) electrons. The van der Waals surface area contributed by atoms with Crippen LogP contribution in [0, 0.1) is 26.2 Å². The van der Waals surface area contributed by atoms with Crippen LogP contribution >= 0.6 is 0 Å². The van der Waals surface area contributed by atoms with Gasteiger partial charge < -0.3 is 4.74 Å². The Kier molecular flexibility index (Phi) is 5.22. The number of benzene rings is 1. The fraction of sp³-hybridized carbons (Fsp3) is 0.619. The molecule has 132 valence electrons. The third-order valence-electron chi connectivity index (χ3n) is 5.87. The maximum Gasteiger partial charge on any atom is 0.320 e. The van der Waals surface area contributed by atoms with E-state index in [-0.39, 0.29) is 11.8 Å². The van der Waals surface area contributed by atoms with E-state index in [1.807, 2.05) is 0 Å². The minimum Gasteiger partial charge on any atom is -0.465 e. The summed E-state index contributed by atoms with van der Waals surface area (Å²) >= 11 is 0. The highest BCUT2D eigenvalue weighted by Gasteiger charge is 2.60. The highest BCUT2D eigenvalue weighted by atomic mass is 16.5. The lowest BCUT2D eigenvalue weighted by atomic mass is 9.51. The van der Waals surface area contributed by atoms with E-state index in [4.69, 9.17) is 4.74 Å². The number of aryl methyl sites for hydroxylation is 3. The van der Waals surface area contributed by atoms with Gasteiger partial charge in [-0.3, -0.25) is 9.59 Å². The van der Waals surface area contributed by atoms with Crippen LogP contribution in [-0.2, 0) is 19.7 Å². The average Bonchev–Trinajstić information content (AvgIpc) is 2.46. The van der Waals surface area contributed by atoms with E-state index in [1.165, 1.54) is 5.56 Å². The highest BCUT2D eigenvalue weighted by Crippen LogP contribution is 2.55. The summed E-state index contributed by atoms with van der Waals surface area (Å²) in [7, 11) is 0. The van der Waals surface area contributed by atoms with Crippen LogP contribution in [0.3, 0.4) is 0 Å². The lowest BCUT2D eigenvalue weighted by molar-refractivity contribution is -0.168. The fourth-order valence-corrected chi connectivity index (χ4v) is 5.04. The van der Waals surface area contributed by atoms with E-state index in [0.29, 0.717) is 13.0 Å². The second-order valence-corrected chi connectivity index (χ2v) is 7.49. The smallest absolute Gasteiger partial charge is 0.320 e. The maximum atomic E-state index is 13.0. The number of Topliss-reactive ketones (excluding diaryl/α,β-unsaturated/α-hetero) is 1. The molecule has 0 saturated heterocycles. The van der Waals surface area contributed by atoms with E-state index in [9.17, 15) is 9.59 Å². The Bertz CT molecular complexity index is 638.